The second-order valence-electron chi connectivity index (χ2n) is 6.65. The van der Waals surface area contributed by atoms with E-state index in [9.17, 15) is 14.3 Å². The van der Waals surface area contributed by atoms with Crippen LogP contribution in [0.3, 0.4) is 0 Å². The molecule has 0 radical (unpaired) electrons. The molecule has 132 valence electrons. The Morgan fingerprint density at radius 1 is 1.32 bits per heavy atom. The maximum absolute atomic E-state index is 13.3. The first-order chi connectivity index (χ1) is 12.0. The molecule has 1 saturated heterocycles. The number of nitrogens with one attached hydrogen (secondary N) is 1. The summed E-state index contributed by atoms with van der Waals surface area (Å²) in [5.41, 5.74) is 0.825. The quantitative estimate of drug-likeness (QED) is 0.892. The van der Waals surface area contributed by atoms with Crippen LogP contribution in [-0.2, 0) is 0 Å². The second kappa shape index (κ2) is 7.29. The molecule has 1 amide bonds. The van der Waals surface area contributed by atoms with Gasteiger partial charge in [0.1, 0.15) is 5.82 Å². The monoisotopic (exact) mass is 343 g/mol. The van der Waals surface area contributed by atoms with E-state index >= 15 is 0 Å². The van der Waals surface area contributed by atoms with Gasteiger partial charge >= 0.3 is 0 Å². The van der Waals surface area contributed by atoms with Gasteiger partial charge in [0.15, 0.2) is 0 Å². The Kier molecular flexibility index (Phi) is 5.11. The zero-order chi connectivity index (χ0) is 17.9. The summed E-state index contributed by atoms with van der Waals surface area (Å²) in [6.45, 7) is 1.86. The first kappa shape index (κ1) is 17.5. The van der Waals surface area contributed by atoms with E-state index in [1.165, 1.54) is 18.3 Å². The summed E-state index contributed by atoms with van der Waals surface area (Å²) in [5, 5.41) is 13.3. The molecule has 1 aliphatic rings. The Bertz CT molecular complexity index is 741. The van der Waals surface area contributed by atoms with Crippen LogP contribution in [0.1, 0.15) is 23.2 Å². The van der Waals surface area contributed by atoms with Gasteiger partial charge in [-0.25, -0.2) is 4.39 Å². The van der Waals surface area contributed by atoms with Gasteiger partial charge in [0.25, 0.3) is 5.91 Å². The fourth-order valence-electron chi connectivity index (χ4n) is 2.91. The molecule has 3 rings (SSSR count). The molecule has 2 heterocycles. The third-order valence-electron chi connectivity index (χ3n) is 4.64. The van der Waals surface area contributed by atoms with Crippen molar-refractivity contribution in [3.05, 3.63) is 54.0 Å². The fraction of sp³-hybridized carbons (Fsp3) is 0.368. The maximum atomic E-state index is 13.3. The topological polar surface area (TPSA) is 65.5 Å². The maximum Gasteiger partial charge on any atom is 0.252 e. The molecule has 0 aliphatic carbocycles. The highest BCUT2D eigenvalue weighted by molar-refractivity contribution is 5.94. The first-order valence-electron chi connectivity index (χ1n) is 8.36. The van der Waals surface area contributed by atoms with Crippen molar-refractivity contribution in [3.63, 3.8) is 0 Å². The highest BCUT2D eigenvalue weighted by Crippen LogP contribution is 2.21. The second-order valence-corrected chi connectivity index (χ2v) is 6.65. The highest BCUT2D eigenvalue weighted by atomic mass is 19.1. The minimum absolute atomic E-state index is 0.228. The number of hydrogen-bond acceptors (Lipinski definition) is 4. The summed E-state index contributed by atoms with van der Waals surface area (Å²) in [4.78, 5) is 18.7. The summed E-state index contributed by atoms with van der Waals surface area (Å²) < 4.78 is 13.3. The van der Waals surface area contributed by atoms with E-state index < -0.39 is 5.60 Å². The average Bonchev–Trinajstić information content (AvgIpc) is 2.63. The highest BCUT2D eigenvalue weighted by Gasteiger charge is 2.31. The third-order valence-corrected chi connectivity index (χ3v) is 4.64. The Morgan fingerprint density at radius 2 is 2.08 bits per heavy atom. The van der Waals surface area contributed by atoms with Gasteiger partial charge in [0, 0.05) is 31.4 Å². The van der Waals surface area contributed by atoms with E-state index in [1.807, 2.05) is 7.05 Å². The van der Waals surface area contributed by atoms with Gasteiger partial charge in [-0.2, -0.15) is 0 Å². The van der Waals surface area contributed by atoms with Crippen molar-refractivity contribution in [1.82, 2.24) is 15.2 Å². The minimum atomic E-state index is -0.850. The van der Waals surface area contributed by atoms with Crippen molar-refractivity contribution in [2.24, 2.45) is 0 Å². The molecule has 1 aromatic heterocycles. The number of halogens is 1. The molecule has 25 heavy (non-hydrogen) atoms. The van der Waals surface area contributed by atoms with Crippen LogP contribution in [-0.4, -0.2) is 53.2 Å². The van der Waals surface area contributed by atoms with Crippen LogP contribution in [0.2, 0.25) is 0 Å². The summed E-state index contributed by atoms with van der Waals surface area (Å²) in [6.07, 6.45) is 2.75. The van der Waals surface area contributed by atoms with Gasteiger partial charge in [-0.05, 0) is 44.2 Å². The summed E-state index contributed by atoms with van der Waals surface area (Å²) in [5.74, 6) is -0.599. The van der Waals surface area contributed by atoms with Crippen molar-refractivity contribution in [2.45, 2.75) is 18.4 Å². The number of piperidine rings is 1. The molecule has 1 fully saturated rings. The smallest absolute Gasteiger partial charge is 0.252 e. The van der Waals surface area contributed by atoms with Crippen LogP contribution in [0.5, 0.6) is 0 Å². The number of hydrogen-bond donors (Lipinski definition) is 2. The van der Waals surface area contributed by atoms with E-state index in [0.29, 0.717) is 29.7 Å². The molecule has 1 aliphatic heterocycles. The van der Waals surface area contributed by atoms with Gasteiger partial charge < -0.3 is 15.3 Å². The normalized spacial score (nSPS) is 17.2. The molecule has 0 bridgehead atoms. The zero-order valence-corrected chi connectivity index (χ0v) is 14.2. The van der Waals surface area contributed by atoms with E-state index in [4.69, 9.17) is 0 Å². The lowest BCUT2D eigenvalue weighted by atomic mass is 9.91. The molecule has 0 atom stereocenters. The standard InChI is InChI=1S/C19H22FN3O2/c1-23-9-7-19(25,8-10-23)13-22-18(24)15-5-6-17(21-12-15)14-3-2-4-16(20)11-14/h2-6,11-12,25H,7-10,13H2,1H3,(H,22,24). The van der Waals surface area contributed by atoms with Crippen LogP contribution in [0, 0.1) is 5.82 Å². The van der Waals surface area contributed by atoms with Crippen LogP contribution >= 0.6 is 0 Å². The number of aromatic nitrogens is 1. The third kappa shape index (κ3) is 4.41. The number of likely N-dealkylation sites (tertiary alicyclic amines) is 1. The molecule has 2 aromatic rings. The molecule has 0 spiro atoms. The molecule has 5 nitrogen and oxygen atoms in total. The lowest BCUT2D eigenvalue weighted by molar-refractivity contribution is -0.0135. The number of pyridine rings is 1. The SMILES string of the molecule is CN1CCC(O)(CNC(=O)c2ccc(-c3cccc(F)c3)nc2)CC1. The lowest BCUT2D eigenvalue weighted by Crippen LogP contribution is -2.50. The van der Waals surface area contributed by atoms with Crippen molar-refractivity contribution < 1.29 is 14.3 Å². The van der Waals surface area contributed by atoms with Gasteiger partial charge in [-0.1, -0.05) is 12.1 Å². The summed E-state index contributed by atoms with van der Waals surface area (Å²) in [7, 11) is 2.02. The van der Waals surface area contributed by atoms with Gasteiger partial charge in [0.05, 0.1) is 16.9 Å². The molecular formula is C19H22FN3O2. The van der Waals surface area contributed by atoms with Gasteiger partial charge in [0.2, 0.25) is 0 Å². The minimum Gasteiger partial charge on any atom is -0.388 e. The van der Waals surface area contributed by atoms with Crippen LogP contribution in [0.25, 0.3) is 11.3 Å². The number of carbonyl (C=O) groups excluding carboxylic acids is 1. The van der Waals surface area contributed by atoms with E-state index in [1.54, 1.807) is 24.3 Å². The van der Waals surface area contributed by atoms with Crippen LogP contribution in [0.15, 0.2) is 42.6 Å². The molecule has 0 unspecified atom stereocenters. The number of nitrogens with zero attached hydrogens (tertiary/aromatic N) is 2. The lowest BCUT2D eigenvalue weighted by Gasteiger charge is -2.36. The summed E-state index contributed by atoms with van der Waals surface area (Å²) >= 11 is 0. The van der Waals surface area contributed by atoms with Crippen molar-refractivity contribution in [1.29, 1.82) is 0 Å². The first-order valence-corrected chi connectivity index (χ1v) is 8.36. The number of amides is 1. The number of aliphatic hydroxyl groups is 1. The largest absolute Gasteiger partial charge is 0.388 e. The van der Waals surface area contributed by atoms with Crippen LogP contribution < -0.4 is 5.32 Å². The Balaban J connectivity index is 1.61. The van der Waals surface area contributed by atoms with E-state index in [0.717, 1.165) is 13.1 Å². The molecule has 6 heteroatoms. The van der Waals surface area contributed by atoms with Crippen molar-refractivity contribution in [2.75, 3.05) is 26.7 Å². The molecule has 0 saturated carbocycles. The van der Waals surface area contributed by atoms with E-state index in [-0.39, 0.29) is 18.3 Å². The Morgan fingerprint density at radius 3 is 2.72 bits per heavy atom. The Hall–Kier alpha value is -2.31. The van der Waals surface area contributed by atoms with Crippen LogP contribution in [0.4, 0.5) is 4.39 Å². The van der Waals surface area contributed by atoms with Crippen molar-refractivity contribution in [3.8, 4) is 11.3 Å². The molecular weight excluding hydrogens is 321 g/mol. The van der Waals surface area contributed by atoms with E-state index in [2.05, 4.69) is 15.2 Å². The predicted molar refractivity (Wildman–Crippen MR) is 93.6 cm³/mol. The Labute approximate surface area is 146 Å². The average molecular weight is 343 g/mol. The van der Waals surface area contributed by atoms with Gasteiger partial charge in [-0.3, -0.25) is 9.78 Å². The number of benzene rings is 1. The fourth-order valence-corrected chi connectivity index (χ4v) is 2.91. The zero-order valence-electron chi connectivity index (χ0n) is 14.2. The number of rotatable bonds is 4. The number of carbonyl (C=O) groups is 1. The van der Waals surface area contributed by atoms with Gasteiger partial charge in [-0.15, -0.1) is 0 Å². The predicted octanol–water partition coefficient (Wildman–Crippen LogP) is 2.07. The van der Waals surface area contributed by atoms with Crippen molar-refractivity contribution >= 4 is 5.91 Å². The summed E-state index contributed by atoms with van der Waals surface area (Å²) in [6, 6.07) is 9.50. The molecule has 1 aromatic carbocycles. The molecule has 2 N–H and O–H groups in total.